The first-order chi connectivity index (χ1) is 6.13. The first-order valence-electron chi connectivity index (χ1n) is 3.50. The molecule has 0 atom stereocenters. The third kappa shape index (κ3) is 2.48. The molecule has 6 nitrogen and oxygen atoms in total. The van der Waals surface area contributed by atoms with Crippen molar-refractivity contribution in [2.45, 2.75) is 13.3 Å². The summed E-state index contributed by atoms with van der Waals surface area (Å²) in [6, 6.07) is 0. The molecule has 7 heteroatoms. The molecule has 0 aliphatic carbocycles. The third-order valence-electron chi connectivity index (χ3n) is 1.18. The molecule has 0 aliphatic rings. The lowest BCUT2D eigenvalue weighted by Crippen LogP contribution is -2.21. The Kier molecular flexibility index (Phi) is 2.91. The van der Waals surface area contributed by atoms with Gasteiger partial charge in [-0.3, -0.25) is 10.1 Å². The van der Waals surface area contributed by atoms with Crippen molar-refractivity contribution in [3.05, 3.63) is 5.01 Å². The van der Waals surface area contributed by atoms with Crippen LogP contribution in [0, 0.1) is 0 Å². The number of hydrogen-bond donors (Lipinski definition) is 2. The van der Waals surface area contributed by atoms with E-state index in [1.807, 2.05) is 6.92 Å². The van der Waals surface area contributed by atoms with Gasteiger partial charge >= 0.3 is 11.9 Å². The van der Waals surface area contributed by atoms with E-state index in [9.17, 15) is 9.59 Å². The highest BCUT2D eigenvalue weighted by atomic mass is 32.1. The fourth-order valence-corrected chi connectivity index (χ4v) is 1.27. The summed E-state index contributed by atoms with van der Waals surface area (Å²) >= 11 is 1.16. The number of hydrogen-bond acceptors (Lipinski definition) is 5. The van der Waals surface area contributed by atoms with E-state index >= 15 is 0 Å². The fourth-order valence-electron chi connectivity index (χ4n) is 0.598. The number of aromatic nitrogens is 2. The summed E-state index contributed by atoms with van der Waals surface area (Å²) in [6.07, 6.45) is 0.709. The van der Waals surface area contributed by atoms with Crippen molar-refractivity contribution in [2.24, 2.45) is 0 Å². The van der Waals surface area contributed by atoms with E-state index in [0.29, 0.717) is 6.42 Å². The van der Waals surface area contributed by atoms with Gasteiger partial charge in [-0.05, 0) is 6.42 Å². The Morgan fingerprint density at radius 3 is 2.69 bits per heavy atom. The lowest BCUT2D eigenvalue weighted by atomic mass is 10.5. The molecular weight excluding hydrogens is 194 g/mol. The number of nitrogens with one attached hydrogen (secondary N) is 1. The normalized spacial score (nSPS) is 9.62. The van der Waals surface area contributed by atoms with Crippen molar-refractivity contribution >= 4 is 28.3 Å². The minimum absolute atomic E-state index is 0.212. The van der Waals surface area contributed by atoms with Gasteiger partial charge in [0.2, 0.25) is 5.13 Å². The second-order valence-corrected chi connectivity index (χ2v) is 3.18. The maximum absolute atomic E-state index is 10.6. The van der Waals surface area contributed by atoms with Crippen molar-refractivity contribution in [3.8, 4) is 0 Å². The summed E-state index contributed by atoms with van der Waals surface area (Å²) < 4.78 is 0. The molecule has 13 heavy (non-hydrogen) atoms. The van der Waals surface area contributed by atoms with E-state index in [1.165, 1.54) is 0 Å². The Bertz CT molecular complexity index is 336. The highest BCUT2D eigenvalue weighted by molar-refractivity contribution is 7.15. The van der Waals surface area contributed by atoms with Crippen molar-refractivity contribution in [3.63, 3.8) is 0 Å². The Labute approximate surface area is 77.6 Å². The van der Waals surface area contributed by atoms with Crippen molar-refractivity contribution in [2.75, 3.05) is 5.32 Å². The average Bonchev–Trinajstić information content (AvgIpc) is 2.52. The van der Waals surface area contributed by atoms with Gasteiger partial charge in [0.05, 0.1) is 0 Å². The number of carboxylic acid groups (broad SMARTS) is 1. The number of aryl methyl sites for hydroxylation is 1. The standard InChI is InChI=1S/C6H7N3O3S/c1-2-3-8-9-6(13-3)7-4(10)5(11)12/h2H2,1H3,(H,11,12)(H,7,9,10). The number of carbonyl (C=O) groups excluding carboxylic acids is 1. The summed E-state index contributed by atoms with van der Waals surface area (Å²) in [5.41, 5.74) is 0. The quantitative estimate of drug-likeness (QED) is 0.663. The van der Waals surface area contributed by atoms with Crippen molar-refractivity contribution in [1.82, 2.24) is 10.2 Å². The van der Waals surface area contributed by atoms with Crippen LogP contribution in [0.15, 0.2) is 0 Å². The highest BCUT2D eigenvalue weighted by Crippen LogP contribution is 2.14. The molecular formula is C6H7N3O3S. The van der Waals surface area contributed by atoms with Crippen LogP contribution in [0.2, 0.25) is 0 Å². The molecule has 70 valence electrons. The van der Waals surface area contributed by atoms with E-state index in [2.05, 4.69) is 15.5 Å². The SMILES string of the molecule is CCc1nnc(NC(=O)C(=O)O)s1. The Balaban J connectivity index is 2.64. The zero-order valence-corrected chi connectivity index (χ0v) is 7.59. The highest BCUT2D eigenvalue weighted by Gasteiger charge is 2.13. The number of rotatable bonds is 2. The van der Waals surface area contributed by atoms with Gasteiger partial charge in [-0.15, -0.1) is 10.2 Å². The smallest absolute Gasteiger partial charge is 0.394 e. The van der Waals surface area contributed by atoms with E-state index in [0.717, 1.165) is 16.3 Å². The lowest BCUT2D eigenvalue weighted by Gasteiger charge is -1.92. The lowest BCUT2D eigenvalue weighted by molar-refractivity contribution is -0.147. The minimum atomic E-state index is -1.53. The van der Waals surface area contributed by atoms with Gasteiger partial charge in [-0.2, -0.15) is 0 Å². The molecule has 2 N–H and O–H groups in total. The van der Waals surface area contributed by atoms with Gasteiger partial charge in [-0.25, -0.2) is 4.79 Å². The molecule has 0 saturated heterocycles. The van der Waals surface area contributed by atoms with Crippen LogP contribution in [0.25, 0.3) is 0 Å². The zero-order chi connectivity index (χ0) is 9.84. The maximum atomic E-state index is 10.6. The van der Waals surface area contributed by atoms with Crippen LogP contribution >= 0.6 is 11.3 Å². The minimum Gasteiger partial charge on any atom is -0.474 e. The molecule has 0 spiro atoms. The number of anilines is 1. The van der Waals surface area contributed by atoms with E-state index in [1.54, 1.807) is 0 Å². The van der Waals surface area contributed by atoms with Gasteiger partial charge in [0.15, 0.2) is 0 Å². The van der Waals surface area contributed by atoms with Crippen LogP contribution in [0.4, 0.5) is 5.13 Å². The molecule has 0 aliphatic heterocycles. The molecule has 0 aromatic carbocycles. The van der Waals surface area contributed by atoms with Gasteiger partial charge in [0.25, 0.3) is 0 Å². The largest absolute Gasteiger partial charge is 0.474 e. The van der Waals surface area contributed by atoms with E-state index < -0.39 is 11.9 Å². The second kappa shape index (κ2) is 3.94. The third-order valence-corrected chi connectivity index (χ3v) is 2.17. The topological polar surface area (TPSA) is 92.2 Å². The molecule has 1 rings (SSSR count). The number of nitrogens with zero attached hydrogens (tertiary/aromatic N) is 2. The monoisotopic (exact) mass is 201 g/mol. The summed E-state index contributed by atoms with van der Waals surface area (Å²) in [6.45, 7) is 1.89. The average molecular weight is 201 g/mol. The maximum Gasteiger partial charge on any atom is 0.394 e. The number of carbonyl (C=O) groups is 2. The summed E-state index contributed by atoms with van der Waals surface area (Å²) in [4.78, 5) is 20.8. The molecule has 0 radical (unpaired) electrons. The Morgan fingerprint density at radius 1 is 1.54 bits per heavy atom. The fraction of sp³-hybridized carbons (Fsp3) is 0.333. The molecule has 0 saturated carbocycles. The first-order valence-corrected chi connectivity index (χ1v) is 4.31. The number of aliphatic carboxylic acids is 1. The second-order valence-electron chi connectivity index (χ2n) is 2.11. The van der Waals surface area contributed by atoms with Gasteiger partial charge in [0.1, 0.15) is 5.01 Å². The molecule has 1 aromatic rings. The van der Waals surface area contributed by atoms with Crippen LogP contribution in [0.3, 0.4) is 0 Å². The van der Waals surface area contributed by atoms with Gasteiger partial charge < -0.3 is 5.11 Å². The summed E-state index contributed by atoms with van der Waals surface area (Å²) in [5, 5.41) is 18.6. The molecule has 0 unspecified atom stereocenters. The zero-order valence-electron chi connectivity index (χ0n) is 6.77. The predicted octanol–water partition coefficient (Wildman–Crippen LogP) is 0.124. The van der Waals surface area contributed by atoms with Gasteiger partial charge in [0, 0.05) is 0 Å². The number of carboxylic acids is 1. The van der Waals surface area contributed by atoms with E-state index in [4.69, 9.17) is 5.11 Å². The molecule has 0 bridgehead atoms. The predicted molar refractivity (Wildman–Crippen MR) is 45.6 cm³/mol. The summed E-state index contributed by atoms with van der Waals surface area (Å²) in [5.74, 6) is -2.63. The molecule has 1 amide bonds. The first kappa shape index (κ1) is 9.59. The van der Waals surface area contributed by atoms with Crippen LogP contribution in [0.5, 0.6) is 0 Å². The van der Waals surface area contributed by atoms with Crippen LogP contribution in [0.1, 0.15) is 11.9 Å². The molecule has 1 heterocycles. The molecule has 1 aromatic heterocycles. The van der Waals surface area contributed by atoms with Crippen LogP contribution in [-0.2, 0) is 16.0 Å². The van der Waals surface area contributed by atoms with Crippen LogP contribution < -0.4 is 5.32 Å². The van der Waals surface area contributed by atoms with Crippen molar-refractivity contribution in [1.29, 1.82) is 0 Å². The van der Waals surface area contributed by atoms with Gasteiger partial charge in [-0.1, -0.05) is 18.3 Å². The van der Waals surface area contributed by atoms with Crippen LogP contribution in [-0.4, -0.2) is 27.2 Å². The Hall–Kier alpha value is -1.50. The van der Waals surface area contributed by atoms with E-state index in [-0.39, 0.29) is 5.13 Å². The number of amides is 1. The summed E-state index contributed by atoms with van der Waals surface area (Å²) in [7, 11) is 0. The Morgan fingerprint density at radius 2 is 2.23 bits per heavy atom. The molecule has 0 fully saturated rings. The van der Waals surface area contributed by atoms with Crippen molar-refractivity contribution < 1.29 is 14.7 Å².